The smallest absolute Gasteiger partial charge is 0.0437 e. The number of fused-ring (bicyclic) bond motifs is 14. The molecule has 0 saturated carbocycles. The molecule has 0 saturated heterocycles. The van der Waals surface area contributed by atoms with E-state index in [9.17, 15) is 0 Å². The molecule has 1 aromatic heterocycles. The summed E-state index contributed by atoms with van der Waals surface area (Å²) in [4.78, 5) is 0. The summed E-state index contributed by atoms with van der Waals surface area (Å²) in [7, 11) is 0. The van der Waals surface area contributed by atoms with Crippen LogP contribution < -0.4 is 0 Å². The summed E-state index contributed by atoms with van der Waals surface area (Å²) in [5.41, 5.74) is 16.2. The van der Waals surface area contributed by atoms with Crippen LogP contribution in [-0.4, -0.2) is 0 Å². The molecule has 9 aromatic carbocycles. The maximum absolute atomic E-state index is 2.52. The minimum Gasteiger partial charge on any atom is -0.134 e. The second-order valence-electron chi connectivity index (χ2n) is 16.8. The maximum atomic E-state index is 2.52. The number of benzene rings is 9. The van der Waals surface area contributed by atoms with Crippen LogP contribution in [0, 0.1) is 0 Å². The van der Waals surface area contributed by atoms with Crippen LogP contribution in [0.1, 0.15) is 49.9 Å². The fraction of sp³-hybridized carbons (Fsp3) is 0.111. The van der Waals surface area contributed by atoms with Crippen LogP contribution in [-0.2, 0) is 10.8 Å². The summed E-state index contributed by atoms with van der Waals surface area (Å²) in [6.45, 7) is 9.56. The molecule has 0 aliphatic heterocycles. The van der Waals surface area contributed by atoms with Gasteiger partial charge >= 0.3 is 0 Å². The van der Waals surface area contributed by atoms with Crippen LogP contribution in [0.2, 0.25) is 0 Å². The predicted octanol–water partition coefficient (Wildman–Crippen LogP) is 15.5. The first-order chi connectivity index (χ1) is 26.8. The highest BCUT2D eigenvalue weighted by molar-refractivity contribution is 7.26. The number of hydrogen-bond acceptors (Lipinski definition) is 1. The van der Waals surface area contributed by atoms with Crippen LogP contribution in [0.5, 0.6) is 0 Å². The first-order valence-electron chi connectivity index (χ1n) is 19.5. The van der Waals surface area contributed by atoms with Gasteiger partial charge in [-0.1, -0.05) is 167 Å². The van der Waals surface area contributed by atoms with Gasteiger partial charge in [0.1, 0.15) is 0 Å². The van der Waals surface area contributed by atoms with Crippen molar-refractivity contribution in [2.45, 2.75) is 38.5 Å². The van der Waals surface area contributed by atoms with E-state index >= 15 is 0 Å². The Bertz CT molecular complexity index is 3260. The lowest BCUT2D eigenvalue weighted by molar-refractivity contribution is 0.660. The zero-order chi connectivity index (χ0) is 36.8. The molecular weight excluding hydrogens is 681 g/mol. The van der Waals surface area contributed by atoms with E-state index in [1.54, 1.807) is 0 Å². The van der Waals surface area contributed by atoms with Crippen molar-refractivity contribution in [1.82, 2.24) is 0 Å². The Balaban J connectivity index is 1.11. The van der Waals surface area contributed by atoms with E-state index in [2.05, 4.69) is 185 Å². The number of hydrogen-bond donors (Lipinski definition) is 0. The standard InChI is InChI=1S/C54H38S/c1-53(2)44-26-22-32(29-42(44)51-45(53)27-25-41-50-34-14-6-5-13-31(34)23-28-47(50)55-52(41)51)48-37-16-7-9-18-39(37)49(40-19-10-8-17-38(40)48)33-21-24-36-35-15-11-12-20-43(35)54(3,4)46(36)30-33/h5-30H,1-4H3. The van der Waals surface area contributed by atoms with Crippen LogP contribution >= 0.6 is 11.3 Å². The van der Waals surface area contributed by atoms with Crippen molar-refractivity contribution < 1.29 is 0 Å². The van der Waals surface area contributed by atoms with Crippen molar-refractivity contribution in [2.24, 2.45) is 0 Å². The molecule has 0 radical (unpaired) electrons. The Morgan fingerprint density at radius 1 is 0.364 bits per heavy atom. The van der Waals surface area contributed by atoms with E-state index in [4.69, 9.17) is 0 Å². The Hall–Kier alpha value is -6.02. The third kappa shape index (κ3) is 4.06. The molecule has 0 N–H and O–H groups in total. The molecule has 0 nitrogen and oxygen atoms in total. The highest BCUT2D eigenvalue weighted by Gasteiger charge is 2.38. The average Bonchev–Trinajstić information content (AvgIpc) is 3.79. The van der Waals surface area contributed by atoms with Crippen LogP contribution in [0.15, 0.2) is 158 Å². The van der Waals surface area contributed by atoms with Crippen LogP contribution in [0.3, 0.4) is 0 Å². The van der Waals surface area contributed by atoms with E-state index < -0.39 is 0 Å². The monoisotopic (exact) mass is 718 g/mol. The van der Waals surface area contributed by atoms with E-state index in [1.165, 1.54) is 119 Å². The molecule has 10 aromatic rings. The van der Waals surface area contributed by atoms with Crippen molar-refractivity contribution in [3.8, 4) is 44.5 Å². The van der Waals surface area contributed by atoms with Gasteiger partial charge in [0, 0.05) is 36.6 Å². The Morgan fingerprint density at radius 2 is 0.909 bits per heavy atom. The third-order valence-corrected chi connectivity index (χ3v) is 14.4. The lowest BCUT2D eigenvalue weighted by Crippen LogP contribution is -2.14. The lowest BCUT2D eigenvalue weighted by Gasteiger charge is -2.23. The van der Waals surface area contributed by atoms with Gasteiger partial charge in [-0.25, -0.2) is 0 Å². The second kappa shape index (κ2) is 10.8. The summed E-state index contributed by atoms with van der Waals surface area (Å²) in [6.07, 6.45) is 0. The van der Waals surface area contributed by atoms with Gasteiger partial charge < -0.3 is 0 Å². The van der Waals surface area contributed by atoms with E-state index in [0.717, 1.165) is 0 Å². The summed E-state index contributed by atoms with van der Waals surface area (Å²) < 4.78 is 2.76. The Kier molecular flexibility index (Phi) is 6.16. The molecule has 0 atom stereocenters. The van der Waals surface area contributed by atoms with E-state index in [-0.39, 0.29) is 10.8 Å². The summed E-state index contributed by atoms with van der Waals surface area (Å²) in [5.74, 6) is 0. The molecule has 55 heavy (non-hydrogen) atoms. The molecule has 260 valence electrons. The number of rotatable bonds is 2. The molecule has 1 heteroatoms. The molecule has 2 aliphatic carbocycles. The lowest BCUT2D eigenvalue weighted by atomic mass is 9.80. The normalized spacial score (nSPS) is 14.8. The minimum absolute atomic E-state index is 0.0606. The summed E-state index contributed by atoms with van der Waals surface area (Å²) >= 11 is 1.96. The Labute approximate surface area is 325 Å². The molecule has 0 fully saturated rings. The second-order valence-corrected chi connectivity index (χ2v) is 17.8. The summed E-state index contributed by atoms with van der Waals surface area (Å²) in [6, 6.07) is 60.0. The number of thiophene rings is 1. The molecule has 0 unspecified atom stereocenters. The molecule has 2 aliphatic rings. The SMILES string of the molecule is CC1(C)c2ccccc2-c2ccc(-c3c4ccccc4c(-c4ccc5c(c4)-c4c(ccc6c4sc4ccc7ccccc7c46)C5(C)C)c4ccccc34)cc21. The topological polar surface area (TPSA) is 0 Å². The first kappa shape index (κ1) is 31.3. The van der Waals surface area contributed by atoms with Gasteiger partial charge in [-0.2, -0.15) is 0 Å². The van der Waals surface area contributed by atoms with E-state index in [0.29, 0.717) is 0 Å². The quantitative estimate of drug-likeness (QED) is 0.156. The van der Waals surface area contributed by atoms with Gasteiger partial charge in [0.25, 0.3) is 0 Å². The molecule has 12 rings (SSSR count). The highest BCUT2D eigenvalue weighted by atomic mass is 32.1. The van der Waals surface area contributed by atoms with Gasteiger partial charge in [0.15, 0.2) is 0 Å². The molecule has 0 bridgehead atoms. The van der Waals surface area contributed by atoms with Crippen LogP contribution in [0.25, 0.3) is 97.0 Å². The van der Waals surface area contributed by atoms with Crippen molar-refractivity contribution in [3.05, 3.63) is 180 Å². The van der Waals surface area contributed by atoms with Crippen molar-refractivity contribution in [2.75, 3.05) is 0 Å². The molecule has 0 amide bonds. The van der Waals surface area contributed by atoms with Crippen molar-refractivity contribution in [1.29, 1.82) is 0 Å². The van der Waals surface area contributed by atoms with Gasteiger partial charge in [-0.05, 0) is 112 Å². The Morgan fingerprint density at radius 3 is 1.64 bits per heavy atom. The van der Waals surface area contributed by atoms with Crippen molar-refractivity contribution >= 4 is 63.8 Å². The van der Waals surface area contributed by atoms with Crippen LogP contribution in [0.4, 0.5) is 0 Å². The highest BCUT2D eigenvalue weighted by Crippen LogP contribution is 2.56. The molecule has 0 spiro atoms. The predicted molar refractivity (Wildman–Crippen MR) is 238 cm³/mol. The van der Waals surface area contributed by atoms with Gasteiger partial charge in [-0.3, -0.25) is 0 Å². The largest absolute Gasteiger partial charge is 0.134 e. The third-order valence-electron chi connectivity index (χ3n) is 13.3. The zero-order valence-electron chi connectivity index (χ0n) is 31.4. The van der Waals surface area contributed by atoms with Gasteiger partial charge in [0.05, 0.1) is 0 Å². The summed E-state index contributed by atoms with van der Waals surface area (Å²) in [5, 5.41) is 10.6. The zero-order valence-corrected chi connectivity index (χ0v) is 32.2. The fourth-order valence-corrected chi connectivity index (χ4v) is 11.9. The molecule has 1 heterocycles. The average molecular weight is 719 g/mol. The van der Waals surface area contributed by atoms with Gasteiger partial charge in [0.2, 0.25) is 0 Å². The first-order valence-corrected chi connectivity index (χ1v) is 20.3. The molecular formula is C54H38S. The van der Waals surface area contributed by atoms with Gasteiger partial charge in [-0.15, -0.1) is 11.3 Å². The van der Waals surface area contributed by atoms with E-state index in [1.807, 2.05) is 11.3 Å². The fourth-order valence-electron chi connectivity index (χ4n) is 10.6. The maximum Gasteiger partial charge on any atom is 0.0437 e. The minimum atomic E-state index is -0.0926. The van der Waals surface area contributed by atoms with Crippen molar-refractivity contribution in [3.63, 3.8) is 0 Å².